The first-order valence-electron chi connectivity index (χ1n) is 8.99. The van der Waals surface area contributed by atoms with Gasteiger partial charge in [0, 0.05) is 6.20 Å². The molecule has 1 saturated heterocycles. The molecule has 26 heavy (non-hydrogen) atoms. The Bertz CT molecular complexity index is 772. The molecule has 0 aromatic heterocycles. The minimum atomic E-state index is -3.89. The number of carbonyl (C=O) groups excluding carboxylic acids is 2. The van der Waals surface area contributed by atoms with Gasteiger partial charge in [-0.15, -0.1) is 0 Å². The molecule has 0 spiro atoms. The Morgan fingerprint density at radius 3 is 2.92 bits per heavy atom. The summed E-state index contributed by atoms with van der Waals surface area (Å²) in [5, 5.41) is 22.1. The maximum atomic E-state index is 15.5. The van der Waals surface area contributed by atoms with Gasteiger partial charge in [-0.3, -0.25) is 9.59 Å². The molecule has 11 heteroatoms. The lowest BCUT2D eigenvalue weighted by molar-refractivity contribution is -0.219. The highest BCUT2D eigenvalue weighted by Gasteiger charge is 2.58. The number of nitrogens with one attached hydrogen (secondary N) is 1. The van der Waals surface area contributed by atoms with E-state index in [1.165, 1.54) is 0 Å². The fourth-order valence-corrected chi connectivity index (χ4v) is 2.19. The normalized spacial score (nSPS) is 38.2. The molecule has 0 aromatic carbocycles. The number of nitrogens with zero attached hydrogens (tertiary/aromatic N) is 1. The van der Waals surface area contributed by atoms with Crippen LogP contribution in [0.25, 0.3) is 0 Å². The van der Waals surface area contributed by atoms with Gasteiger partial charge in [0.05, 0.1) is 4.11 Å². The van der Waals surface area contributed by atoms with E-state index in [0.717, 1.165) is 6.20 Å². The number of hydrogen-bond acceptors (Lipinski definition) is 8. The van der Waals surface area contributed by atoms with Gasteiger partial charge in [-0.1, -0.05) is 32.0 Å². The molecule has 0 bridgehead atoms. The second-order valence-electron chi connectivity index (χ2n) is 6.02. The Kier molecular flexibility index (Phi) is 4.74. The number of hydrogen-bond donors (Lipinski definition) is 4. The molecule has 2 aliphatic heterocycles. The third kappa shape index (κ3) is 3.84. The second-order valence-corrected chi connectivity index (χ2v) is 6.42. The summed E-state index contributed by atoms with van der Waals surface area (Å²) in [5.74, 6) is -6.86. The lowest BCUT2D eigenvalue weighted by atomic mass is 10.1. The number of esters is 1. The molecule has 5 N–H and O–H groups in total. The Morgan fingerprint density at radius 2 is 2.35 bits per heavy atom. The summed E-state index contributed by atoms with van der Waals surface area (Å²) in [6.07, 6.45) is -7.24. The minimum absolute atomic E-state index is 0.371. The minimum Gasteiger partial charge on any atom is -0.458 e. The Balaban J connectivity index is 2.39. The van der Waals surface area contributed by atoms with E-state index in [2.05, 4.69) is 16.6 Å². The van der Waals surface area contributed by atoms with Crippen molar-refractivity contribution in [3.05, 3.63) is 23.6 Å². The van der Waals surface area contributed by atoms with Gasteiger partial charge in [0.2, 0.25) is 0 Å². The third-order valence-corrected chi connectivity index (χ3v) is 3.98. The van der Waals surface area contributed by atoms with E-state index in [9.17, 15) is 19.8 Å². The van der Waals surface area contributed by atoms with Crippen molar-refractivity contribution < 1.29 is 37.8 Å². The lowest BCUT2D eigenvalue weighted by Gasteiger charge is -2.33. The molecular formula is C15H21ClFN3O6. The summed E-state index contributed by atoms with van der Waals surface area (Å²) in [7, 11) is 0. The predicted molar refractivity (Wildman–Crippen MR) is 87.6 cm³/mol. The molecule has 5 atom stereocenters. The van der Waals surface area contributed by atoms with Crippen molar-refractivity contribution in [1.82, 2.24) is 10.2 Å². The number of halogens is 2. The number of aliphatic hydroxyl groups is 2. The summed E-state index contributed by atoms with van der Waals surface area (Å²) in [4.78, 5) is 24.1. The Hall–Kier alpha value is -1.72. The van der Waals surface area contributed by atoms with Crippen molar-refractivity contribution >= 4 is 23.5 Å². The monoisotopic (exact) mass is 396 g/mol. The van der Waals surface area contributed by atoms with Crippen LogP contribution in [0.3, 0.4) is 0 Å². The number of amides is 1. The van der Waals surface area contributed by atoms with Crippen molar-refractivity contribution in [2.45, 2.75) is 44.2 Å². The van der Waals surface area contributed by atoms with Gasteiger partial charge in [0.15, 0.2) is 12.8 Å². The zero-order chi connectivity index (χ0) is 22.5. The van der Waals surface area contributed by atoms with Crippen LogP contribution in [0.4, 0.5) is 4.39 Å². The van der Waals surface area contributed by atoms with E-state index in [-0.39, 0.29) is 5.82 Å². The second kappa shape index (κ2) is 7.49. The van der Waals surface area contributed by atoms with Crippen LogP contribution >= 0.6 is 11.6 Å². The van der Waals surface area contributed by atoms with Gasteiger partial charge < -0.3 is 35.6 Å². The number of alkyl halides is 1. The van der Waals surface area contributed by atoms with Gasteiger partial charge in [-0.05, 0) is 5.92 Å². The first kappa shape index (κ1) is 16.5. The van der Waals surface area contributed by atoms with Crippen molar-refractivity contribution in [2.24, 2.45) is 11.7 Å². The van der Waals surface area contributed by atoms with E-state index < -0.39 is 59.7 Å². The van der Waals surface area contributed by atoms with Crippen molar-refractivity contribution in [3.63, 3.8) is 0 Å². The van der Waals surface area contributed by atoms with Crippen LogP contribution in [0.15, 0.2) is 23.6 Å². The van der Waals surface area contributed by atoms with Crippen LogP contribution < -0.4 is 11.1 Å². The van der Waals surface area contributed by atoms with Crippen LogP contribution in [-0.4, -0.2) is 63.9 Å². The predicted octanol–water partition coefficient (Wildman–Crippen LogP) is -0.760. The molecule has 9 nitrogen and oxygen atoms in total. The molecule has 2 rings (SSSR count). The molecule has 0 saturated carbocycles. The SMILES string of the molecule is [2H]C([2H])(OC(=O)[C@@H](N)C(C)C)[C@@]1(F)O[C@@]([2H])(N2C=C(Cl)C(=O)NC2=C)[C@H](O)[C@@H]1O. The standard InChI is InChI=1S/C15H21ClFN3O6/c1-6(2)9(18)14(24)25-5-15(17)11(22)10(21)13(26-15)20-4-8(16)12(23)19-7(20)3/h4,6,9-11,13,21-22H,3,5,18H2,1-2H3,(H,19,23)/t9-,10+,11-,13+,15+/m0/s1/i5D2,13D. The average Bonchev–Trinajstić information content (AvgIpc) is 2.79. The Labute approximate surface area is 158 Å². The van der Waals surface area contributed by atoms with Gasteiger partial charge in [0.1, 0.15) is 29.1 Å². The molecule has 0 aliphatic carbocycles. The zero-order valence-corrected chi connectivity index (χ0v) is 14.7. The van der Waals surface area contributed by atoms with Crippen LogP contribution in [0, 0.1) is 5.92 Å². The molecule has 0 aromatic rings. The van der Waals surface area contributed by atoms with E-state index in [0.29, 0.717) is 4.90 Å². The zero-order valence-electron chi connectivity index (χ0n) is 16.9. The first-order chi connectivity index (χ1) is 13.1. The fourth-order valence-electron chi connectivity index (χ4n) is 2.04. The maximum Gasteiger partial charge on any atom is 0.323 e. The van der Waals surface area contributed by atoms with E-state index >= 15 is 4.39 Å². The van der Waals surface area contributed by atoms with Gasteiger partial charge >= 0.3 is 5.97 Å². The van der Waals surface area contributed by atoms with Crippen molar-refractivity contribution in [3.8, 4) is 0 Å². The number of rotatable bonds is 5. The van der Waals surface area contributed by atoms with Gasteiger partial charge in [0.25, 0.3) is 11.8 Å². The summed E-state index contributed by atoms with van der Waals surface area (Å²) < 4.78 is 48.6. The first-order valence-corrected chi connectivity index (χ1v) is 7.87. The molecule has 1 fully saturated rings. The summed E-state index contributed by atoms with van der Waals surface area (Å²) in [6.45, 7) is 2.83. The number of nitrogens with two attached hydrogens (primary N) is 1. The fraction of sp³-hybridized carbons (Fsp3) is 0.600. The topological polar surface area (TPSA) is 134 Å². The highest BCUT2D eigenvalue weighted by atomic mass is 35.5. The van der Waals surface area contributed by atoms with Gasteiger partial charge in [-0.25, -0.2) is 4.39 Å². The molecule has 2 aliphatic rings. The number of aliphatic hydroxyl groups excluding tert-OH is 2. The van der Waals surface area contributed by atoms with Crippen LogP contribution in [-0.2, 0) is 19.1 Å². The van der Waals surface area contributed by atoms with E-state index in [1.807, 2.05) is 0 Å². The molecule has 2 heterocycles. The summed E-state index contributed by atoms with van der Waals surface area (Å²) in [5.41, 5.74) is 5.55. The Morgan fingerprint density at radius 1 is 1.73 bits per heavy atom. The molecule has 0 unspecified atom stereocenters. The summed E-state index contributed by atoms with van der Waals surface area (Å²) in [6, 6.07) is -1.31. The molecule has 1 amide bonds. The van der Waals surface area contributed by atoms with Crippen LogP contribution in [0.5, 0.6) is 0 Å². The lowest BCUT2D eigenvalue weighted by Crippen LogP contribution is -2.47. The molecular weight excluding hydrogens is 373 g/mol. The number of ether oxygens (including phenoxy) is 2. The van der Waals surface area contributed by atoms with E-state index in [4.69, 9.17) is 26.2 Å². The van der Waals surface area contributed by atoms with Crippen LogP contribution in [0.2, 0.25) is 0 Å². The van der Waals surface area contributed by atoms with Crippen molar-refractivity contribution in [2.75, 3.05) is 6.56 Å². The smallest absolute Gasteiger partial charge is 0.323 e. The maximum absolute atomic E-state index is 15.5. The van der Waals surface area contributed by atoms with Crippen LogP contribution in [0.1, 0.15) is 18.0 Å². The quantitative estimate of drug-likeness (QED) is 0.445. The largest absolute Gasteiger partial charge is 0.458 e. The summed E-state index contributed by atoms with van der Waals surface area (Å²) >= 11 is 5.68. The van der Waals surface area contributed by atoms with E-state index in [1.54, 1.807) is 13.8 Å². The van der Waals surface area contributed by atoms with Crippen molar-refractivity contribution in [1.29, 1.82) is 0 Å². The highest BCUT2D eigenvalue weighted by molar-refractivity contribution is 6.42. The molecule has 146 valence electrons. The highest BCUT2D eigenvalue weighted by Crippen LogP contribution is 2.36. The average molecular weight is 397 g/mol. The number of carbonyl (C=O) groups is 2. The molecule has 0 radical (unpaired) electrons. The van der Waals surface area contributed by atoms with Gasteiger partial charge in [-0.2, -0.15) is 0 Å². The third-order valence-electron chi connectivity index (χ3n) is 3.71.